The van der Waals surface area contributed by atoms with Crippen LogP contribution in [-0.2, 0) is 0 Å². The monoisotopic (exact) mass is 224 g/mol. The molecule has 0 N–H and O–H groups in total. The van der Waals surface area contributed by atoms with Crippen molar-refractivity contribution in [3.63, 3.8) is 0 Å². The Kier molecular flexibility index (Phi) is 3.38. The number of aryl methyl sites for hydroxylation is 1. The van der Waals surface area contributed by atoms with Crippen LogP contribution in [-0.4, -0.2) is 0 Å². The predicted octanol–water partition coefficient (Wildman–Crippen LogP) is 3.56. The van der Waals surface area contributed by atoms with Gasteiger partial charge in [-0.2, -0.15) is 4.57 Å². The highest BCUT2D eigenvalue weighted by Gasteiger charge is 2.19. The van der Waals surface area contributed by atoms with Crippen LogP contribution in [0.4, 0.5) is 0 Å². The van der Waals surface area contributed by atoms with Crippen LogP contribution >= 0.6 is 0 Å². The zero-order chi connectivity index (χ0) is 12.3. The van der Waals surface area contributed by atoms with Crippen molar-refractivity contribution in [1.82, 2.24) is 0 Å². The number of nitrogens with zero attached hydrogens (tertiary/aromatic N) is 1. The van der Waals surface area contributed by atoms with Gasteiger partial charge in [0.15, 0.2) is 17.9 Å². The van der Waals surface area contributed by atoms with Crippen molar-refractivity contribution < 1.29 is 4.57 Å². The molecule has 1 nitrogen and oxygen atoms in total. The zero-order valence-electron chi connectivity index (χ0n) is 10.4. The predicted molar refractivity (Wildman–Crippen MR) is 71.6 cm³/mol. The quantitative estimate of drug-likeness (QED) is 0.702. The first-order valence-electron chi connectivity index (χ1n) is 5.91. The van der Waals surface area contributed by atoms with Gasteiger partial charge in [0.2, 0.25) is 0 Å². The van der Waals surface area contributed by atoms with Gasteiger partial charge in [-0.25, -0.2) is 0 Å². The fraction of sp³-hybridized carbons (Fsp3) is 0.188. The molecule has 0 radical (unpaired) electrons. The highest BCUT2D eigenvalue weighted by molar-refractivity contribution is 5.64. The highest BCUT2D eigenvalue weighted by atomic mass is 15.0. The molecule has 1 atom stereocenters. The highest BCUT2D eigenvalue weighted by Crippen LogP contribution is 2.21. The van der Waals surface area contributed by atoms with E-state index < -0.39 is 0 Å². The topological polar surface area (TPSA) is 3.88 Å². The number of aromatic nitrogens is 1. The molecule has 1 heterocycles. The van der Waals surface area contributed by atoms with Crippen LogP contribution in [0.15, 0.2) is 61.3 Å². The summed E-state index contributed by atoms with van der Waals surface area (Å²) in [6, 6.07) is 16.9. The second-order valence-corrected chi connectivity index (χ2v) is 4.32. The third kappa shape index (κ3) is 2.44. The van der Waals surface area contributed by atoms with E-state index in [9.17, 15) is 0 Å². The Morgan fingerprint density at radius 3 is 2.35 bits per heavy atom. The van der Waals surface area contributed by atoms with Gasteiger partial charge in [0.05, 0.1) is 0 Å². The molecule has 86 valence electrons. The summed E-state index contributed by atoms with van der Waals surface area (Å²) in [5, 5.41) is 0. The maximum Gasteiger partial charge on any atom is 0.181 e. The van der Waals surface area contributed by atoms with Crippen molar-refractivity contribution in [3.05, 3.63) is 72.6 Å². The first-order valence-corrected chi connectivity index (χ1v) is 5.91. The molecule has 1 aromatic carbocycles. The van der Waals surface area contributed by atoms with E-state index >= 15 is 0 Å². The number of hydrogen-bond donors (Lipinski definition) is 0. The number of rotatable bonds is 3. The SMILES string of the molecule is C=C(c1ccccc1)C(C)[n+]1ccccc1C. The summed E-state index contributed by atoms with van der Waals surface area (Å²) in [5.74, 6) is 0. The summed E-state index contributed by atoms with van der Waals surface area (Å²) in [5.41, 5.74) is 3.60. The Labute approximate surface area is 103 Å². The van der Waals surface area contributed by atoms with Crippen LogP contribution in [0.2, 0.25) is 0 Å². The molecule has 0 aliphatic rings. The van der Waals surface area contributed by atoms with E-state index in [2.05, 4.69) is 73.7 Å². The van der Waals surface area contributed by atoms with Crippen molar-refractivity contribution in [3.8, 4) is 0 Å². The van der Waals surface area contributed by atoms with Crippen LogP contribution in [0.1, 0.15) is 24.2 Å². The lowest BCUT2D eigenvalue weighted by Crippen LogP contribution is -2.40. The summed E-state index contributed by atoms with van der Waals surface area (Å²) in [4.78, 5) is 0. The molecule has 0 aliphatic carbocycles. The minimum Gasteiger partial charge on any atom is -0.196 e. The van der Waals surface area contributed by atoms with E-state index in [1.54, 1.807) is 0 Å². The second-order valence-electron chi connectivity index (χ2n) is 4.32. The minimum atomic E-state index is 0.276. The van der Waals surface area contributed by atoms with Gasteiger partial charge in [0.25, 0.3) is 0 Å². The van der Waals surface area contributed by atoms with Gasteiger partial charge in [0.1, 0.15) is 0 Å². The van der Waals surface area contributed by atoms with E-state index in [-0.39, 0.29) is 6.04 Å². The van der Waals surface area contributed by atoms with Gasteiger partial charge in [-0.15, -0.1) is 0 Å². The Morgan fingerprint density at radius 2 is 1.71 bits per heavy atom. The summed E-state index contributed by atoms with van der Waals surface area (Å²) in [7, 11) is 0. The number of benzene rings is 1. The second kappa shape index (κ2) is 4.96. The van der Waals surface area contributed by atoms with Gasteiger partial charge in [-0.1, -0.05) is 43.0 Å². The molecule has 0 amide bonds. The fourth-order valence-electron chi connectivity index (χ4n) is 2.04. The summed E-state index contributed by atoms with van der Waals surface area (Å²) in [6.07, 6.45) is 2.11. The van der Waals surface area contributed by atoms with Crippen LogP contribution in [0.5, 0.6) is 0 Å². The summed E-state index contributed by atoms with van der Waals surface area (Å²) >= 11 is 0. The molecule has 0 fully saturated rings. The Morgan fingerprint density at radius 1 is 1.06 bits per heavy atom. The van der Waals surface area contributed by atoms with Crippen LogP contribution in [0, 0.1) is 6.92 Å². The van der Waals surface area contributed by atoms with E-state index in [4.69, 9.17) is 0 Å². The molecule has 2 aromatic rings. The summed E-state index contributed by atoms with van der Waals surface area (Å²) < 4.78 is 2.25. The summed E-state index contributed by atoms with van der Waals surface area (Å²) in [6.45, 7) is 8.52. The molecule has 0 saturated carbocycles. The molecule has 1 aromatic heterocycles. The largest absolute Gasteiger partial charge is 0.196 e. The minimum absolute atomic E-state index is 0.276. The van der Waals surface area contributed by atoms with E-state index in [0.717, 1.165) is 5.57 Å². The molecule has 17 heavy (non-hydrogen) atoms. The normalized spacial score (nSPS) is 12.1. The third-order valence-electron chi connectivity index (χ3n) is 3.17. The Balaban J connectivity index is 2.30. The van der Waals surface area contributed by atoms with Gasteiger partial charge in [-0.05, 0) is 5.56 Å². The van der Waals surface area contributed by atoms with E-state index in [0.29, 0.717) is 0 Å². The van der Waals surface area contributed by atoms with Gasteiger partial charge in [-0.3, -0.25) is 0 Å². The molecule has 0 aliphatic heterocycles. The smallest absolute Gasteiger partial charge is 0.181 e. The van der Waals surface area contributed by atoms with Gasteiger partial charge >= 0.3 is 0 Å². The lowest BCUT2D eigenvalue weighted by Gasteiger charge is -2.12. The fourth-order valence-corrected chi connectivity index (χ4v) is 2.04. The van der Waals surface area contributed by atoms with Crippen LogP contribution < -0.4 is 4.57 Å². The first kappa shape index (κ1) is 11.6. The average molecular weight is 224 g/mol. The van der Waals surface area contributed by atoms with Crippen LogP contribution in [0.25, 0.3) is 5.57 Å². The standard InChI is InChI=1S/C16H18N/c1-13-9-7-8-12-17(13)15(3)14(2)16-10-5-4-6-11-16/h4-12,15H,2H2,1,3H3/q+1. The van der Waals surface area contributed by atoms with Gasteiger partial charge in [0, 0.05) is 31.6 Å². The van der Waals surface area contributed by atoms with Crippen molar-refractivity contribution in [2.75, 3.05) is 0 Å². The Bertz CT molecular complexity index is 514. The zero-order valence-corrected chi connectivity index (χ0v) is 10.4. The molecular formula is C16H18N+. The average Bonchev–Trinajstić information content (AvgIpc) is 2.39. The van der Waals surface area contributed by atoms with Gasteiger partial charge < -0.3 is 0 Å². The lowest BCUT2D eigenvalue weighted by atomic mass is 10.0. The maximum absolute atomic E-state index is 4.22. The van der Waals surface area contributed by atoms with E-state index in [1.807, 2.05) is 6.07 Å². The Hall–Kier alpha value is -1.89. The molecule has 2 rings (SSSR count). The lowest BCUT2D eigenvalue weighted by molar-refractivity contribution is -0.711. The van der Waals surface area contributed by atoms with E-state index in [1.165, 1.54) is 11.3 Å². The van der Waals surface area contributed by atoms with Crippen molar-refractivity contribution in [2.45, 2.75) is 19.9 Å². The molecule has 1 unspecified atom stereocenters. The number of pyridine rings is 1. The molecule has 0 bridgehead atoms. The number of hydrogen-bond acceptors (Lipinski definition) is 0. The van der Waals surface area contributed by atoms with Crippen molar-refractivity contribution in [1.29, 1.82) is 0 Å². The first-order chi connectivity index (χ1) is 8.20. The van der Waals surface area contributed by atoms with Crippen molar-refractivity contribution in [2.24, 2.45) is 0 Å². The van der Waals surface area contributed by atoms with Crippen LogP contribution in [0.3, 0.4) is 0 Å². The molecular weight excluding hydrogens is 206 g/mol. The molecule has 0 spiro atoms. The molecule has 1 heteroatoms. The third-order valence-corrected chi connectivity index (χ3v) is 3.17. The number of allylic oxidation sites excluding steroid dienone is 1. The van der Waals surface area contributed by atoms with Crippen molar-refractivity contribution >= 4 is 5.57 Å². The maximum atomic E-state index is 4.22. The molecule has 0 saturated heterocycles.